The van der Waals surface area contributed by atoms with Crippen LogP contribution in [0.25, 0.3) is 11.3 Å². The molecule has 130 valence electrons. The summed E-state index contributed by atoms with van der Waals surface area (Å²) in [6, 6.07) is 16.0. The summed E-state index contributed by atoms with van der Waals surface area (Å²) < 4.78 is 4.24. The summed E-state index contributed by atoms with van der Waals surface area (Å²) in [4.78, 5) is 23.1. The molecule has 0 radical (unpaired) electrons. The second-order valence-electron chi connectivity index (χ2n) is 6.41. The zero-order valence-corrected chi connectivity index (χ0v) is 14.2. The number of ketones is 1. The Hall–Kier alpha value is -3.28. The van der Waals surface area contributed by atoms with Gasteiger partial charge in [0, 0.05) is 23.3 Å². The third-order valence-corrected chi connectivity index (χ3v) is 4.76. The van der Waals surface area contributed by atoms with Gasteiger partial charge >= 0.3 is 0 Å². The van der Waals surface area contributed by atoms with Crippen LogP contribution in [0.5, 0.6) is 0 Å². The Morgan fingerprint density at radius 3 is 2.73 bits per heavy atom. The van der Waals surface area contributed by atoms with Crippen LogP contribution >= 0.6 is 0 Å². The normalized spacial score (nSPS) is 12.8. The summed E-state index contributed by atoms with van der Waals surface area (Å²) >= 11 is 0. The molecule has 6 nitrogen and oxygen atoms in total. The number of aromatic nitrogens is 2. The Bertz CT molecular complexity index is 993. The predicted molar refractivity (Wildman–Crippen MR) is 95.8 cm³/mol. The van der Waals surface area contributed by atoms with Gasteiger partial charge in [0.25, 0.3) is 11.5 Å². The molecule has 0 amide bonds. The first-order valence-corrected chi connectivity index (χ1v) is 8.58. The van der Waals surface area contributed by atoms with E-state index in [-0.39, 0.29) is 18.0 Å². The molecular weight excluding hydrogens is 330 g/mol. The van der Waals surface area contributed by atoms with Gasteiger partial charge in [-0.05, 0) is 6.42 Å². The molecule has 3 aromatic rings. The van der Waals surface area contributed by atoms with Crippen LogP contribution in [-0.4, -0.2) is 15.3 Å². The number of fused-ring (bicyclic) bond motifs is 1. The van der Waals surface area contributed by atoms with Gasteiger partial charge in [-0.25, -0.2) is 9.13 Å². The van der Waals surface area contributed by atoms with Gasteiger partial charge in [-0.3, -0.25) is 14.9 Å². The van der Waals surface area contributed by atoms with Crippen molar-refractivity contribution >= 4 is 11.5 Å². The molecule has 0 aliphatic carbocycles. The standard InChI is InChI=1S/C20H18N3O3/c24-19(16-8-4-9-17(12-16)23(25)26)14-21-13-18(15-6-2-1-3-7-15)22-11-5-10-20(21)22/h1-4,6-9,12-13H,5,10-11,14H2/q+1. The average molecular weight is 348 g/mol. The molecule has 6 heteroatoms. The summed E-state index contributed by atoms with van der Waals surface area (Å²) in [6.07, 6.45) is 4.00. The first-order valence-electron chi connectivity index (χ1n) is 8.58. The van der Waals surface area contributed by atoms with Crippen molar-refractivity contribution in [1.82, 2.24) is 4.57 Å². The molecule has 0 atom stereocenters. The van der Waals surface area contributed by atoms with Crippen LogP contribution in [0.15, 0.2) is 60.8 Å². The van der Waals surface area contributed by atoms with E-state index in [0.29, 0.717) is 5.56 Å². The van der Waals surface area contributed by atoms with Crippen LogP contribution in [0, 0.1) is 10.1 Å². The number of benzene rings is 2. The maximum Gasteiger partial charge on any atom is 0.270 e. The van der Waals surface area contributed by atoms with Gasteiger partial charge in [0.05, 0.1) is 17.9 Å². The molecule has 0 N–H and O–H groups in total. The summed E-state index contributed by atoms with van der Waals surface area (Å²) in [5, 5.41) is 10.9. The fraction of sp³-hybridized carbons (Fsp3) is 0.200. The molecule has 1 aromatic heterocycles. The van der Waals surface area contributed by atoms with Crippen molar-refractivity contribution < 1.29 is 14.3 Å². The largest absolute Gasteiger partial charge is 0.290 e. The molecule has 0 saturated carbocycles. The van der Waals surface area contributed by atoms with E-state index in [1.54, 1.807) is 12.1 Å². The highest BCUT2D eigenvalue weighted by atomic mass is 16.6. The van der Waals surface area contributed by atoms with Gasteiger partial charge in [-0.1, -0.05) is 42.5 Å². The van der Waals surface area contributed by atoms with Gasteiger partial charge in [0.15, 0.2) is 12.2 Å². The average Bonchev–Trinajstić information content (AvgIpc) is 3.26. The van der Waals surface area contributed by atoms with Crippen LogP contribution in [0.2, 0.25) is 0 Å². The van der Waals surface area contributed by atoms with E-state index in [1.165, 1.54) is 12.1 Å². The molecular formula is C20H18N3O3+. The summed E-state index contributed by atoms with van der Waals surface area (Å²) in [5.74, 6) is 1.00. The molecule has 0 bridgehead atoms. The molecule has 1 aliphatic heterocycles. The van der Waals surface area contributed by atoms with Gasteiger partial charge in [0.2, 0.25) is 5.78 Å². The first-order chi connectivity index (χ1) is 12.6. The number of hydrogen-bond donors (Lipinski definition) is 0. The summed E-state index contributed by atoms with van der Waals surface area (Å²) in [7, 11) is 0. The van der Waals surface area contributed by atoms with E-state index in [4.69, 9.17) is 0 Å². The van der Waals surface area contributed by atoms with E-state index in [9.17, 15) is 14.9 Å². The van der Waals surface area contributed by atoms with Crippen molar-refractivity contribution in [2.75, 3.05) is 0 Å². The number of nitrogens with zero attached hydrogens (tertiary/aromatic N) is 3. The molecule has 0 unspecified atom stereocenters. The van der Waals surface area contributed by atoms with Gasteiger partial charge in [-0.2, -0.15) is 0 Å². The molecule has 0 saturated heterocycles. The quantitative estimate of drug-likeness (QED) is 0.308. The van der Waals surface area contributed by atoms with Crippen LogP contribution in [0.1, 0.15) is 22.6 Å². The van der Waals surface area contributed by atoms with Crippen molar-refractivity contribution in [2.45, 2.75) is 25.9 Å². The molecule has 0 spiro atoms. The Balaban J connectivity index is 1.66. The maximum atomic E-state index is 12.7. The molecule has 2 heterocycles. The highest BCUT2D eigenvalue weighted by molar-refractivity contribution is 5.95. The number of imidazole rings is 1. The fourth-order valence-electron chi connectivity index (χ4n) is 3.52. The van der Waals surface area contributed by atoms with Crippen molar-refractivity contribution in [3.63, 3.8) is 0 Å². The molecule has 0 fully saturated rings. The smallest absolute Gasteiger partial charge is 0.270 e. The lowest BCUT2D eigenvalue weighted by molar-refractivity contribution is -0.689. The number of nitro benzene ring substituents is 1. The van der Waals surface area contributed by atoms with Gasteiger partial charge < -0.3 is 0 Å². The van der Waals surface area contributed by atoms with Crippen LogP contribution in [0.4, 0.5) is 5.69 Å². The highest BCUT2D eigenvalue weighted by Gasteiger charge is 2.29. The van der Waals surface area contributed by atoms with Crippen molar-refractivity contribution in [2.24, 2.45) is 0 Å². The Morgan fingerprint density at radius 1 is 1.15 bits per heavy atom. The number of nitro groups is 1. The SMILES string of the molecule is O=C(C[n+]1cc(-c2ccccc2)n2c1CCC2)c1cccc([N+](=O)[O-])c1. The van der Waals surface area contributed by atoms with Crippen LogP contribution in [0.3, 0.4) is 0 Å². The van der Waals surface area contributed by atoms with E-state index in [1.807, 2.05) is 29.0 Å². The molecule has 1 aliphatic rings. The Morgan fingerprint density at radius 2 is 1.96 bits per heavy atom. The minimum atomic E-state index is -0.479. The number of hydrogen-bond acceptors (Lipinski definition) is 3. The lowest BCUT2D eigenvalue weighted by Crippen LogP contribution is -2.40. The molecule has 4 rings (SSSR count). The second kappa shape index (κ2) is 6.55. The monoisotopic (exact) mass is 348 g/mol. The van der Waals surface area contributed by atoms with E-state index < -0.39 is 4.92 Å². The van der Waals surface area contributed by atoms with Gasteiger partial charge in [0.1, 0.15) is 6.20 Å². The summed E-state index contributed by atoms with van der Waals surface area (Å²) in [6.45, 7) is 1.13. The second-order valence-corrected chi connectivity index (χ2v) is 6.41. The fourth-order valence-corrected chi connectivity index (χ4v) is 3.52. The zero-order chi connectivity index (χ0) is 18.1. The predicted octanol–water partition coefficient (Wildman–Crippen LogP) is 3.18. The number of carbonyl (C=O) groups is 1. The highest BCUT2D eigenvalue weighted by Crippen LogP contribution is 2.24. The van der Waals surface area contributed by atoms with Crippen LogP contribution < -0.4 is 4.57 Å². The lowest BCUT2D eigenvalue weighted by Gasteiger charge is -2.00. The van der Waals surface area contributed by atoms with Crippen LogP contribution in [-0.2, 0) is 19.5 Å². The third kappa shape index (κ3) is 2.90. The number of carbonyl (C=O) groups excluding carboxylic acids is 1. The van der Waals surface area contributed by atoms with Gasteiger partial charge in [-0.15, -0.1) is 0 Å². The Kier molecular flexibility index (Phi) is 4.08. The maximum absolute atomic E-state index is 12.7. The minimum absolute atomic E-state index is 0.0621. The minimum Gasteiger partial charge on any atom is -0.290 e. The lowest BCUT2D eigenvalue weighted by atomic mass is 10.1. The number of rotatable bonds is 5. The topological polar surface area (TPSA) is 69.0 Å². The molecule has 2 aromatic carbocycles. The third-order valence-electron chi connectivity index (χ3n) is 4.76. The van der Waals surface area contributed by atoms with E-state index >= 15 is 0 Å². The van der Waals surface area contributed by atoms with Crippen molar-refractivity contribution in [1.29, 1.82) is 0 Å². The van der Waals surface area contributed by atoms with E-state index in [0.717, 1.165) is 36.5 Å². The van der Waals surface area contributed by atoms with Crippen molar-refractivity contribution in [3.05, 3.63) is 82.3 Å². The number of non-ortho nitro benzene ring substituents is 1. The Labute approximate surface area is 150 Å². The summed E-state index contributed by atoms with van der Waals surface area (Å²) in [5.41, 5.74) is 2.53. The van der Waals surface area contributed by atoms with Crippen molar-refractivity contribution in [3.8, 4) is 11.3 Å². The molecule has 26 heavy (non-hydrogen) atoms. The van der Waals surface area contributed by atoms with E-state index in [2.05, 4.69) is 16.7 Å². The number of Topliss-reactive ketones (excluding diaryl/α,β-unsaturated/α-hetero) is 1. The zero-order valence-electron chi connectivity index (χ0n) is 14.2. The first kappa shape index (κ1) is 16.2.